The van der Waals surface area contributed by atoms with Gasteiger partial charge in [-0.3, -0.25) is 4.79 Å². The Balaban J connectivity index is 1.87. The van der Waals surface area contributed by atoms with E-state index in [2.05, 4.69) is 0 Å². The molecule has 0 saturated carbocycles. The van der Waals surface area contributed by atoms with Gasteiger partial charge in [0, 0.05) is 11.6 Å². The van der Waals surface area contributed by atoms with Gasteiger partial charge in [-0.15, -0.1) is 0 Å². The highest BCUT2D eigenvalue weighted by Gasteiger charge is 2.21. The third kappa shape index (κ3) is 2.47. The summed E-state index contributed by atoms with van der Waals surface area (Å²) in [6, 6.07) is 19.3. The Morgan fingerprint density at radius 3 is 2.16 bits per heavy atom. The number of carbonyl (C=O) groups excluding carboxylic acids is 1. The molecule has 1 aliphatic heterocycles. The van der Waals surface area contributed by atoms with E-state index in [9.17, 15) is 4.79 Å². The summed E-state index contributed by atoms with van der Waals surface area (Å²) in [4.78, 5) is 11.9. The van der Waals surface area contributed by atoms with Crippen LogP contribution in [0.25, 0.3) is 11.8 Å². The Bertz CT molecular complexity index is 652. The Morgan fingerprint density at radius 2 is 1.47 bits per heavy atom. The molecule has 1 heterocycles. The fraction of sp³-hybridized carbons (Fsp3) is 0. The summed E-state index contributed by atoms with van der Waals surface area (Å²) in [7, 11) is 0. The molecule has 3 rings (SSSR count). The number of ketones is 1. The normalized spacial score (nSPS) is 16.3. The molecule has 0 spiro atoms. The summed E-state index contributed by atoms with van der Waals surface area (Å²) in [5.41, 5.74) is 1.86. The van der Waals surface area contributed by atoms with E-state index in [0.717, 1.165) is 11.1 Å². The molecule has 0 fully saturated rings. The van der Waals surface area contributed by atoms with Gasteiger partial charge in [0.05, 0.1) is 0 Å². The van der Waals surface area contributed by atoms with Crippen molar-refractivity contribution >= 4 is 17.6 Å². The second-order valence-corrected chi connectivity index (χ2v) is 4.26. The predicted molar refractivity (Wildman–Crippen MR) is 74.9 cm³/mol. The standard InChI is InChI=1S/C17H12O2/c18-15-12-16(14-9-5-2-6-10-14)19-17(15)11-13-7-3-1-4-8-13/h1-12H. The van der Waals surface area contributed by atoms with Crippen LogP contribution in [0.1, 0.15) is 11.1 Å². The van der Waals surface area contributed by atoms with Crippen molar-refractivity contribution in [3.05, 3.63) is 83.6 Å². The highest BCUT2D eigenvalue weighted by molar-refractivity contribution is 6.12. The second-order valence-electron chi connectivity index (χ2n) is 4.26. The van der Waals surface area contributed by atoms with E-state index in [1.807, 2.05) is 60.7 Å². The lowest BCUT2D eigenvalue weighted by Crippen LogP contribution is -1.92. The molecule has 0 unspecified atom stereocenters. The minimum atomic E-state index is -0.0947. The Labute approximate surface area is 111 Å². The van der Waals surface area contributed by atoms with Gasteiger partial charge in [0.25, 0.3) is 0 Å². The van der Waals surface area contributed by atoms with Gasteiger partial charge in [-0.05, 0) is 11.6 Å². The van der Waals surface area contributed by atoms with Gasteiger partial charge in [-0.25, -0.2) is 0 Å². The summed E-state index contributed by atoms with van der Waals surface area (Å²) in [5.74, 6) is 0.876. The topological polar surface area (TPSA) is 26.3 Å². The van der Waals surface area contributed by atoms with E-state index in [0.29, 0.717) is 11.5 Å². The van der Waals surface area contributed by atoms with Gasteiger partial charge in [-0.2, -0.15) is 0 Å². The van der Waals surface area contributed by atoms with Crippen LogP contribution in [0.15, 0.2) is 72.5 Å². The van der Waals surface area contributed by atoms with Crippen molar-refractivity contribution in [1.29, 1.82) is 0 Å². The molecule has 0 bridgehead atoms. The first-order valence-corrected chi connectivity index (χ1v) is 6.09. The lowest BCUT2D eigenvalue weighted by atomic mass is 10.1. The maximum atomic E-state index is 11.9. The predicted octanol–water partition coefficient (Wildman–Crippen LogP) is 3.67. The van der Waals surface area contributed by atoms with Crippen LogP contribution in [0.2, 0.25) is 0 Å². The van der Waals surface area contributed by atoms with Crippen LogP contribution in [0.4, 0.5) is 0 Å². The number of rotatable bonds is 2. The molecule has 2 aromatic rings. The zero-order valence-electron chi connectivity index (χ0n) is 10.2. The maximum Gasteiger partial charge on any atom is 0.224 e. The molecule has 2 nitrogen and oxygen atoms in total. The smallest absolute Gasteiger partial charge is 0.224 e. The molecule has 1 aliphatic rings. The number of ether oxygens (including phenoxy) is 1. The van der Waals surface area contributed by atoms with Gasteiger partial charge in [0.2, 0.25) is 5.78 Å². The van der Waals surface area contributed by atoms with Gasteiger partial charge < -0.3 is 4.74 Å². The van der Waals surface area contributed by atoms with Crippen LogP contribution >= 0.6 is 0 Å². The Hall–Kier alpha value is -2.61. The van der Waals surface area contributed by atoms with E-state index in [4.69, 9.17) is 4.74 Å². The number of allylic oxidation sites excluding steroid dienone is 1. The van der Waals surface area contributed by atoms with Crippen LogP contribution in [-0.4, -0.2) is 5.78 Å². The minimum absolute atomic E-state index is 0.0947. The van der Waals surface area contributed by atoms with Crippen molar-refractivity contribution in [2.45, 2.75) is 0 Å². The first kappa shape index (κ1) is 11.5. The monoisotopic (exact) mass is 248 g/mol. The van der Waals surface area contributed by atoms with Crippen molar-refractivity contribution in [3.63, 3.8) is 0 Å². The molecule has 0 aromatic heterocycles. The van der Waals surface area contributed by atoms with Crippen molar-refractivity contribution in [2.75, 3.05) is 0 Å². The first-order chi connectivity index (χ1) is 9.33. The first-order valence-electron chi connectivity index (χ1n) is 6.09. The van der Waals surface area contributed by atoms with Crippen molar-refractivity contribution in [2.24, 2.45) is 0 Å². The van der Waals surface area contributed by atoms with E-state index in [-0.39, 0.29) is 5.78 Å². The molecule has 0 amide bonds. The fourth-order valence-electron chi connectivity index (χ4n) is 1.93. The van der Waals surface area contributed by atoms with Gasteiger partial charge >= 0.3 is 0 Å². The molecule has 0 saturated heterocycles. The lowest BCUT2D eigenvalue weighted by Gasteiger charge is -2.03. The van der Waals surface area contributed by atoms with Crippen LogP contribution in [0, 0.1) is 0 Å². The van der Waals surface area contributed by atoms with Crippen LogP contribution in [-0.2, 0) is 9.53 Å². The molecule has 2 heteroatoms. The Morgan fingerprint density at radius 1 is 0.842 bits per heavy atom. The zero-order valence-corrected chi connectivity index (χ0v) is 10.2. The van der Waals surface area contributed by atoms with Gasteiger partial charge in [0.1, 0.15) is 5.76 Å². The molecule has 0 N–H and O–H groups in total. The summed E-state index contributed by atoms with van der Waals surface area (Å²) in [5, 5.41) is 0. The van der Waals surface area contributed by atoms with E-state index < -0.39 is 0 Å². The molecule has 0 atom stereocenters. The number of carbonyl (C=O) groups is 1. The molecule has 19 heavy (non-hydrogen) atoms. The van der Waals surface area contributed by atoms with Crippen LogP contribution in [0.5, 0.6) is 0 Å². The van der Waals surface area contributed by atoms with Crippen molar-refractivity contribution in [3.8, 4) is 0 Å². The molecular formula is C17H12O2. The van der Waals surface area contributed by atoms with Crippen LogP contribution < -0.4 is 0 Å². The van der Waals surface area contributed by atoms with E-state index in [1.54, 1.807) is 6.08 Å². The Kier molecular flexibility index (Phi) is 2.99. The average Bonchev–Trinajstić information content (AvgIpc) is 2.82. The average molecular weight is 248 g/mol. The maximum absolute atomic E-state index is 11.9. The fourth-order valence-corrected chi connectivity index (χ4v) is 1.93. The molecule has 92 valence electrons. The van der Waals surface area contributed by atoms with Crippen LogP contribution in [0.3, 0.4) is 0 Å². The summed E-state index contributed by atoms with van der Waals surface area (Å²) >= 11 is 0. The minimum Gasteiger partial charge on any atom is -0.452 e. The SMILES string of the molecule is O=C1C=C(c2ccccc2)OC1=Cc1ccccc1. The molecular weight excluding hydrogens is 236 g/mol. The summed E-state index contributed by atoms with van der Waals surface area (Å²) in [6.45, 7) is 0. The highest BCUT2D eigenvalue weighted by atomic mass is 16.5. The largest absolute Gasteiger partial charge is 0.452 e. The molecule has 2 aromatic carbocycles. The zero-order chi connectivity index (χ0) is 13.1. The molecule has 0 radical (unpaired) electrons. The van der Waals surface area contributed by atoms with Crippen molar-refractivity contribution in [1.82, 2.24) is 0 Å². The number of benzene rings is 2. The van der Waals surface area contributed by atoms with E-state index in [1.165, 1.54) is 6.08 Å². The number of hydrogen-bond donors (Lipinski definition) is 0. The molecule has 0 aliphatic carbocycles. The van der Waals surface area contributed by atoms with Gasteiger partial charge in [-0.1, -0.05) is 60.7 Å². The lowest BCUT2D eigenvalue weighted by molar-refractivity contribution is -0.112. The summed E-state index contributed by atoms with van der Waals surface area (Å²) in [6.07, 6.45) is 3.29. The number of hydrogen-bond acceptors (Lipinski definition) is 2. The van der Waals surface area contributed by atoms with Gasteiger partial charge in [0.15, 0.2) is 5.76 Å². The third-order valence-electron chi connectivity index (χ3n) is 2.88. The quantitative estimate of drug-likeness (QED) is 0.758. The highest BCUT2D eigenvalue weighted by Crippen LogP contribution is 2.27. The van der Waals surface area contributed by atoms with Crippen molar-refractivity contribution < 1.29 is 9.53 Å². The van der Waals surface area contributed by atoms with E-state index >= 15 is 0 Å². The third-order valence-corrected chi connectivity index (χ3v) is 2.88. The second kappa shape index (κ2) is 4.94. The summed E-state index contributed by atoms with van der Waals surface area (Å²) < 4.78 is 5.64.